The summed E-state index contributed by atoms with van der Waals surface area (Å²) in [5.41, 5.74) is 2.55. The molecule has 0 radical (unpaired) electrons. The van der Waals surface area contributed by atoms with Gasteiger partial charge in [0.05, 0.1) is 6.20 Å². The van der Waals surface area contributed by atoms with E-state index in [9.17, 15) is 0 Å². The summed E-state index contributed by atoms with van der Waals surface area (Å²) < 4.78 is 0. The molecule has 0 aliphatic carbocycles. The monoisotopic (exact) mass is 314 g/mol. The first-order chi connectivity index (χ1) is 11.1. The van der Waals surface area contributed by atoms with Crippen molar-refractivity contribution >= 4 is 5.82 Å². The summed E-state index contributed by atoms with van der Waals surface area (Å²) in [7, 11) is 0. The van der Waals surface area contributed by atoms with Crippen molar-refractivity contribution in [3.05, 3.63) is 35.8 Å². The van der Waals surface area contributed by atoms with Crippen molar-refractivity contribution in [1.82, 2.24) is 25.7 Å². The summed E-state index contributed by atoms with van der Waals surface area (Å²) in [6, 6.07) is 4.47. The van der Waals surface area contributed by atoms with Gasteiger partial charge in [0, 0.05) is 48.5 Å². The average molecular weight is 314 g/mol. The molecule has 0 saturated carbocycles. The van der Waals surface area contributed by atoms with Gasteiger partial charge < -0.3 is 10.2 Å². The van der Waals surface area contributed by atoms with E-state index >= 15 is 0 Å². The molecule has 23 heavy (non-hydrogen) atoms. The number of H-pyrrole nitrogens is 1. The summed E-state index contributed by atoms with van der Waals surface area (Å²) >= 11 is 0. The van der Waals surface area contributed by atoms with Crippen LogP contribution in [0.3, 0.4) is 0 Å². The van der Waals surface area contributed by atoms with Crippen LogP contribution in [0.2, 0.25) is 0 Å². The standard InChI is InChI=1S/C17H26N6/c1-17(2,3)16-13(11-20-22-16)10-18-12-14-6-5-9-23(14)15-7-4-8-19-21-15/h4,7-8,11,14,18H,5-6,9-10,12H2,1-3H3,(H,20,22)/t14-/m1/s1. The molecule has 1 saturated heterocycles. The average Bonchev–Trinajstić information content (AvgIpc) is 3.17. The fraction of sp³-hybridized carbons (Fsp3) is 0.588. The van der Waals surface area contributed by atoms with E-state index in [2.05, 4.69) is 51.4 Å². The maximum atomic E-state index is 4.25. The van der Waals surface area contributed by atoms with Gasteiger partial charge in [0.15, 0.2) is 5.82 Å². The van der Waals surface area contributed by atoms with Crippen molar-refractivity contribution in [1.29, 1.82) is 0 Å². The van der Waals surface area contributed by atoms with Gasteiger partial charge >= 0.3 is 0 Å². The third-order valence-electron chi connectivity index (χ3n) is 4.39. The van der Waals surface area contributed by atoms with Crippen LogP contribution in [0, 0.1) is 0 Å². The molecule has 0 spiro atoms. The van der Waals surface area contributed by atoms with Crippen LogP contribution in [-0.4, -0.2) is 39.5 Å². The van der Waals surface area contributed by atoms with Crippen LogP contribution in [0.5, 0.6) is 0 Å². The molecule has 124 valence electrons. The van der Waals surface area contributed by atoms with Crippen LogP contribution in [0.1, 0.15) is 44.9 Å². The van der Waals surface area contributed by atoms with Crippen LogP contribution in [-0.2, 0) is 12.0 Å². The molecule has 0 amide bonds. The van der Waals surface area contributed by atoms with Crippen molar-refractivity contribution in [3.8, 4) is 0 Å². The molecule has 2 N–H and O–H groups in total. The highest BCUT2D eigenvalue weighted by molar-refractivity contribution is 5.39. The predicted molar refractivity (Wildman–Crippen MR) is 91.4 cm³/mol. The van der Waals surface area contributed by atoms with E-state index in [4.69, 9.17) is 0 Å². The Morgan fingerprint density at radius 3 is 3.00 bits per heavy atom. The Bertz CT molecular complexity index is 616. The highest BCUT2D eigenvalue weighted by atomic mass is 15.3. The lowest BCUT2D eigenvalue weighted by Gasteiger charge is -2.25. The van der Waals surface area contributed by atoms with E-state index in [1.54, 1.807) is 6.20 Å². The number of aromatic nitrogens is 4. The molecular formula is C17H26N6. The molecule has 3 rings (SSSR count). The second-order valence-corrected chi connectivity index (χ2v) is 7.22. The Kier molecular flexibility index (Phi) is 4.61. The first-order valence-corrected chi connectivity index (χ1v) is 8.33. The first kappa shape index (κ1) is 15.9. The van der Waals surface area contributed by atoms with Gasteiger partial charge in [-0.1, -0.05) is 20.8 Å². The highest BCUT2D eigenvalue weighted by Crippen LogP contribution is 2.24. The number of hydrogen-bond donors (Lipinski definition) is 2. The second kappa shape index (κ2) is 6.66. The number of anilines is 1. The van der Waals surface area contributed by atoms with Gasteiger partial charge in [-0.05, 0) is 25.0 Å². The maximum Gasteiger partial charge on any atom is 0.151 e. The zero-order valence-electron chi connectivity index (χ0n) is 14.2. The van der Waals surface area contributed by atoms with Gasteiger partial charge in [-0.25, -0.2) is 0 Å². The zero-order chi connectivity index (χ0) is 16.3. The van der Waals surface area contributed by atoms with E-state index in [-0.39, 0.29) is 5.41 Å². The number of aromatic amines is 1. The number of nitrogens with zero attached hydrogens (tertiary/aromatic N) is 4. The number of rotatable bonds is 5. The summed E-state index contributed by atoms with van der Waals surface area (Å²) in [5, 5.41) is 19.2. The lowest BCUT2D eigenvalue weighted by molar-refractivity contribution is 0.540. The van der Waals surface area contributed by atoms with Gasteiger partial charge in [0.1, 0.15) is 0 Å². The third-order valence-corrected chi connectivity index (χ3v) is 4.39. The predicted octanol–water partition coefficient (Wildman–Crippen LogP) is 2.26. The molecule has 6 nitrogen and oxygen atoms in total. The van der Waals surface area contributed by atoms with E-state index in [0.717, 1.165) is 25.5 Å². The van der Waals surface area contributed by atoms with Gasteiger partial charge in [-0.2, -0.15) is 10.2 Å². The Morgan fingerprint density at radius 1 is 1.39 bits per heavy atom. The SMILES string of the molecule is CC(C)(C)c1[nH]ncc1CNC[C@H]1CCCN1c1cccnn1. The van der Waals surface area contributed by atoms with Crippen molar-refractivity contribution in [2.45, 2.75) is 51.6 Å². The van der Waals surface area contributed by atoms with Gasteiger partial charge in [0.2, 0.25) is 0 Å². The van der Waals surface area contributed by atoms with E-state index in [0.29, 0.717) is 6.04 Å². The lowest BCUT2D eigenvalue weighted by atomic mass is 9.89. The quantitative estimate of drug-likeness (QED) is 0.886. The van der Waals surface area contributed by atoms with E-state index < -0.39 is 0 Å². The molecule has 0 unspecified atom stereocenters. The molecule has 0 bridgehead atoms. The molecule has 2 aromatic heterocycles. The second-order valence-electron chi connectivity index (χ2n) is 7.22. The van der Waals surface area contributed by atoms with Crippen molar-refractivity contribution in [3.63, 3.8) is 0 Å². The zero-order valence-corrected chi connectivity index (χ0v) is 14.2. The molecule has 6 heteroatoms. The lowest BCUT2D eigenvalue weighted by Crippen LogP contribution is -2.38. The molecule has 1 aliphatic heterocycles. The third kappa shape index (κ3) is 3.69. The van der Waals surface area contributed by atoms with E-state index in [1.807, 2.05) is 18.3 Å². The van der Waals surface area contributed by atoms with Crippen LogP contribution in [0.25, 0.3) is 0 Å². The molecule has 1 aliphatic rings. The molecule has 3 heterocycles. The smallest absolute Gasteiger partial charge is 0.151 e. The Labute approximate surface area is 137 Å². The Hall–Kier alpha value is -1.95. The van der Waals surface area contributed by atoms with Crippen LogP contribution < -0.4 is 10.2 Å². The maximum absolute atomic E-state index is 4.25. The van der Waals surface area contributed by atoms with Gasteiger partial charge in [-0.15, -0.1) is 5.10 Å². The summed E-state index contributed by atoms with van der Waals surface area (Å²) in [5.74, 6) is 0.982. The van der Waals surface area contributed by atoms with Crippen LogP contribution in [0.4, 0.5) is 5.82 Å². The minimum atomic E-state index is 0.0898. The summed E-state index contributed by atoms with van der Waals surface area (Å²) in [6.45, 7) is 9.47. The molecule has 1 atom stereocenters. The largest absolute Gasteiger partial charge is 0.351 e. The molecule has 1 fully saturated rings. The number of hydrogen-bond acceptors (Lipinski definition) is 5. The molecule has 0 aromatic carbocycles. The van der Waals surface area contributed by atoms with Crippen molar-refractivity contribution in [2.75, 3.05) is 18.0 Å². The van der Waals surface area contributed by atoms with Crippen molar-refractivity contribution in [2.24, 2.45) is 0 Å². The molecular weight excluding hydrogens is 288 g/mol. The van der Waals surface area contributed by atoms with Crippen molar-refractivity contribution < 1.29 is 0 Å². The van der Waals surface area contributed by atoms with Gasteiger partial charge in [-0.3, -0.25) is 5.10 Å². The fourth-order valence-electron chi connectivity index (χ4n) is 3.26. The highest BCUT2D eigenvalue weighted by Gasteiger charge is 2.26. The Balaban J connectivity index is 1.58. The number of nitrogens with one attached hydrogen (secondary N) is 2. The Morgan fingerprint density at radius 2 is 2.26 bits per heavy atom. The van der Waals surface area contributed by atoms with E-state index in [1.165, 1.54) is 24.1 Å². The first-order valence-electron chi connectivity index (χ1n) is 8.33. The van der Waals surface area contributed by atoms with Crippen LogP contribution in [0.15, 0.2) is 24.5 Å². The minimum absolute atomic E-state index is 0.0898. The summed E-state index contributed by atoms with van der Waals surface area (Å²) in [4.78, 5) is 2.36. The minimum Gasteiger partial charge on any atom is -0.351 e. The fourth-order valence-corrected chi connectivity index (χ4v) is 3.26. The molecule has 2 aromatic rings. The topological polar surface area (TPSA) is 69.7 Å². The normalized spacial score (nSPS) is 18.6. The van der Waals surface area contributed by atoms with Gasteiger partial charge in [0.25, 0.3) is 0 Å². The summed E-state index contributed by atoms with van der Waals surface area (Å²) in [6.07, 6.45) is 6.06. The van der Waals surface area contributed by atoms with Crippen LogP contribution >= 0.6 is 0 Å².